The van der Waals surface area contributed by atoms with Crippen molar-refractivity contribution in [2.45, 2.75) is 0 Å². The van der Waals surface area contributed by atoms with Crippen LogP contribution >= 0.6 is 11.6 Å². The first-order valence-corrected chi connectivity index (χ1v) is 6.70. The molecule has 96 valence electrons. The van der Waals surface area contributed by atoms with E-state index in [1.54, 1.807) is 24.3 Å². The third kappa shape index (κ3) is 2.47. The monoisotopic (exact) mass is 287 g/mol. The summed E-state index contributed by atoms with van der Waals surface area (Å²) < 4.78 is 31.9. The molecule has 0 spiro atoms. The van der Waals surface area contributed by atoms with Crippen molar-refractivity contribution in [3.63, 3.8) is 0 Å². The molecule has 0 radical (unpaired) electrons. The maximum absolute atomic E-state index is 11.1. The maximum atomic E-state index is 11.1. The number of nitrogens with zero attached hydrogens (tertiary/aromatic N) is 2. The van der Waals surface area contributed by atoms with Gasteiger partial charge in [-0.1, -0.05) is 41.9 Å². The predicted octanol–water partition coefficient (Wildman–Crippen LogP) is 1.03. The molecule has 1 heterocycles. The Morgan fingerprint density at radius 3 is 2.50 bits per heavy atom. The first-order chi connectivity index (χ1) is 8.39. The molecule has 2 rings (SSSR count). The number of benzene rings is 1. The number of aliphatic imine (C=N–C) groups is 1. The van der Waals surface area contributed by atoms with Crippen molar-refractivity contribution in [1.82, 2.24) is 4.31 Å². The van der Waals surface area contributed by atoms with E-state index >= 15 is 0 Å². The van der Waals surface area contributed by atoms with Crippen LogP contribution in [0, 0.1) is 0 Å². The Labute approximate surface area is 109 Å². The number of halogens is 1. The molecule has 0 unspecified atom stereocenters. The average Bonchev–Trinajstić information content (AvgIpc) is 2.28. The molecule has 0 aliphatic carbocycles. The zero-order valence-corrected chi connectivity index (χ0v) is 10.7. The van der Waals surface area contributed by atoms with Crippen molar-refractivity contribution >= 4 is 33.4 Å². The molecule has 0 fully saturated rings. The van der Waals surface area contributed by atoms with E-state index in [2.05, 4.69) is 4.99 Å². The van der Waals surface area contributed by atoms with Crippen LogP contribution in [0.1, 0.15) is 5.56 Å². The van der Waals surface area contributed by atoms with E-state index in [4.69, 9.17) is 21.9 Å². The molecule has 1 aliphatic rings. The van der Waals surface area contributed by atoms with Crippen molar-refractivity contribution in [2.75, 3.05) is 6.54 Å². The topological polar surface area (TPSA) is 96.0 Å². The highest BCUT2D eigenvalue weighted by molar-refractivity contribution is 7.84. The van der Waals surface area contributed by atoms with Gasteiger partial charge in [-0.15, -0.1) is 0 Å². The Morgan fingerprint density at radius 1 is 1.33 bits per heavy atom. The summed E-state index contributed by atoms with van der Waals surface area (Å²) in [5, 5.41) is 0.110. The lowest BCUT2D eigenvalue weighted by atomic mass is 10.1. The van der Waals surface area contributed by atoms with E-state index in [1.165, 1.54) is 0 Å². The Hall–Kier alpha value is -1.57. The van der Waals surface area contributed by atoms with Crippen molar-refractivity contribution in [3.8, 4) is 0 Å². The Morgan fingerprint density at radius 2 is 1.94 bits per heavy atom. The fraction of sp³-hybridized carbons (Fsp3) is 0.100. The second-order valence-corrected chi connectivity index (χ2v) is 5.28. The summed E-state index contributed by atoms with van der Waals surface area (Å²) in [4.78, 5) is 3.71. The molecule has 6 nitrogen and oxygen atoms in total. The summed E-state index contributed by atoms with van der Waals surface area (Å²) in [6.07, 6.45) is 0. The summed E-state index contributed by atoms with van der Waals surface area (Å²) in [6, 6.07) is 8.91. The molecular formula is C10H10ClN3O3S. The normalized spacial score (nSPS) is 16.8. The summed E-state index contributed by atoms with van der Waals surface area (Å²) in [5.41, 5.74) is 6.61. The van der Waals surface area contributed by atoms with Gasteiger partial charge < -0.3 is 5.73 Å². The lowest BCUT2D eigenvalue weighted by Gasteiger charge is -2.25. The van der Waals surface area contributed by atoms with Gasteiger partial charge in [0.25, 0.3) is 0 Å². The minimum Gasteiger partial charge on any atom is -0.369 e. The van der Waals surface area contributed by atoms with Gasteiger partial charge in [0.05, 0.1) is 6.54 Å². The molecule has 1 aliphatic heterocycles. The fourth-order valence-electron chi connectivity index (χ4n) is 1.56. The van der Waals surface area contributed by atoms with Gasteiger partial charge in [0.2, 0.25) is 5.96 Å². The molecule has 1 aromatic carbocycles. The zero-order valence-electron chi connectivity index (χ0n) is 9.12. The number of guanidine groups is 1. The molecule has 8 heteroatoms. The number of hydrogen-bond donors (Lipinski definition) is 2. The molecule has 0 aromatic heterocycles. The van der Waals surface area contributed by atoms with Crippen LogP contribution in [-0.2, 0) is 10.3 Å². The minimum atomic E-state index is -4.45. The third-order valence-electron chi connectivity index (χ3n) is 2.42. The standard InChI is InChI=1S/C10H10ClN3O3S/c11-9-8(7-4-2-1-3-5-7)6-14(10(12)13-9)18(15,16)17/h1-5H,6H2,(H2,12,13)(H,15,16,17). The molecule has 0 saturated carbocycles. The smallest absolute Gasteiger partial charge is 0.362 e. The van der Waals surface area contributed by atoms with Gasteiger partial charge in [-0.2, -0.15) is 8.42 Å². The molecule has 0 atom stereocenters. The third-order valence-corrected chi connectivity index (χ3v) is 3.61. The second kappa shape index (κ2) is 4.60. The lowest BCUT2D eigenvalue weighted by Crippen LogP contribution is -2.44. The van der Waals surface area contributed by atoms with E-state index in [0.29, 0.717) is 15.4 Å². The van der Waals surface area contributed by atoms with Gasteiger partial charge in [-0.25, -0.2) is 9.30 Å². The van der Waals surface area contributed by atoms with Crippen LogP contribution in [0.3, 0.4) is 0 Å². The first-order valence-electron chi connectivity index (χ1n) is 4.93. The predicted molar refractivity (Wildman–Crippen MR) is 69.1 cm³/mol. The zero-order chi connectivity index (χ0) is 13.3. The minimum absolute atomic E-state index is 0.110. The molecule has 0 bridgehead atoms. The molecule has 0 saturated heterocycles. The average molecular weight is 288 g/mol. The van der Waals surface area contributed by atoms with E-state index in [1.807, 2.05) is 6.07 Å². The van der Waals surface area contributed by atoms with Crippen molar-refractivity contribution in [2.24, 2.45) is 10.7 Å². The number of hydrogen-bond acceptors (Lipinski definition) is 4. The fourth-order valence-corrected chi connectivity index (χ4v) is 2.39. The molecule has 3 N–H and O–H groups in total. The molecular weight excluding hydrogens is 278 g/mol. The SMILES string of the molecule is NC1=NC(Cl)=C(c2ccccc2)CN1S(=O)(=O)O. The maximum Gasteiger partial charge on any atom is 0.362 e. The molecule has 0 amide bonds. The van der Waals surface area contributed by atoms with Crippen LogP contribution in [0.5, 0.6) is 0 Å². The van der Waals surface area contributed by atoms with Crippen LogP contribution in [0.25, 0.3) is 5.57 Å². The van der Waals surface area contributed by atoms with Crippen LogP contribution in [0.15, 0.2) is 40.5 Å². The van der Waals surface area contributed by atoms with E-state index in [0.717, 1.165) is 0 Å². The highest BCUT2D eigenvalue weighted by Gasteiger charge is 2.28. The summed E-state index contributed by atoms with van der Waals surface area (Å²) in [6.45, 7) is -0.156. The van der Waals surface area contributed by atoms with Crippen LogP contribution in [0.2, 0.25) is 0 Å². The highest BCUT2D eigenvalue weighted by Crippen LogP contribution is 2.27. The Bertz CT molecular complexity index is 625. The Balaban J connectivity index is 2.47. The molecule has 1 aromatic rings. The first kappa shape index (κ1) is 12.9. The second-order valence-electron chi connectivity index (χ2n) is 3.59. The van der Waals surface area contributed by atoms with E-state index in [9.17, 15) is 8.42 Å². The van der Waals surface area contributed by atoms with Crippen LogP contribution < -0.4 is 5.73 Å². The number of nitrogens with two attached hydrogens (primary N) is 1. The van der Waals surface area contributed by atoms with E-state index in [-0.39, 0.29) is 17.7 Å². The molecule has 18 heavy (non-hydrogen) atoms. The van der Waals surface area contributed by atoms with Crippen molar-refractivity contribution in [1.29, 1.82) is 0 Å². The number of rotatable bonds is 2. The van der Waals surface area contributed by atoms with Gasteiger partial charge in [0.1, 0.15) is 5.16 Å². The summed E-state index contributed by atoms with van der Waals surface area (Å²) in [7, 11) is -4.45. The van der Waals surface area contributed by atoms with Gasteiger partial charge in [-0.3, -0.25) is 4.55 Å². The van der Waals surface area contributed by atoms with Gasteiger partial charge in [-0.05, 0) is 5.56 Å². The van der Waals surface area contributed by atoms with Crippen molar-refractivity contribution < 1.29 is 13.0 Å². The van der Waals surface area contributed by atoms with Gasteiger partial charge >= 0.3 is 10.3 Å². The van der Waals surface area contributed by atoms with Gasteiger partial charge in [0, 0.05) is 5.57 Å². The largest absolute Gasteiger partial charge is 0.369 e. The lowest BCUT2D eigenvalue weighted by molar-refractivity contribution is 0.429. The quantitative estimate of drug-likeness (QED) is 0.627. The van der Waals surface area contributed by atoms with Crippen LogP contribution in [0.4, 0.5) is 0 Å². The Kier molecular flexibility index (Phi) is 3.29. The highest BCUT2D eigenvalue weighted by atomic mass is 35.5. The summed E-state index contributed by atoms with van der Waals surface area (Å²) in [5.74, 6) is -0.359. The van der Waals surface area contributed by atoms with Crippen LogP contribution in [-0.4, -0.2) is 29.8 Å². The van der Waals surface area contributed by atoms with E-state index < -0.39 is 10.3 Å². The summed E-state index contributed by atoms with van der Waals surface area (Å²) >= 11 is 5.94. The van der Waals surface area contributed by atoms with Gasteiger partial charge in [0.15, 0.2) is 0 Å². The van der Waals surface area contributed by atoms with Crippen molar-refractivity contribution in [3.05, 3.63) is 41.1 Å².